The summed E-state index contributed by atoms with van der Waals surface area (Å²) >= 11 is 0. The predicted octanol–water partition coefficient (Wildman–Crippen LogP) is 2.31. The minimum atomic E-state index is -0.0609. The van der Waals surface area contributed by atoms with E-state index in [2.05, 4.69) is 34.9 Å². The number of carbonyl (C=O) groups is 1. The standard InChI is InChI=1S/C21H30N2O3/c1-25-13-14-26-19-18(23-20(24)15-5-4-6-15)16-7-2-3-8-17(16)21(19)9-11-22-12-10-21/h2-3,7-8,15,18-19,22H,4-6,9-14H2,1H3,(H,23,24)/t18-,19+/m1/s1. The van der Waals surface area contributed by atoms with Crippen LogP contribution in [0.4, 0.5) is 0 Å². The van der Waals surface area contributed by atoms with Crippen molar-refractivity contribution in [2.75, 3.05) is 33.4 Å². The molecule has 26 heavy (non-hydrogen) atoms. The molecular formula is C21H30N2O3. The molecule has 1 aliphatic heterocycles. The highest BCUT2D eigenvalue weighted by Crippen LogP contribution is 2.51. The molecule has 2 fully saturated rings. The zero-order chi connectivity index (χ0) is 18.0. The number of benzene rings is 1. The summed E-state index contributed by atoms with van der Waals surface area (Å²) in [7, 11) is 1.70. The van der Waals surface area contributed by atoms with Crippen molar-refractivity contribution in [2.45, 2.75) is 49.7 Å². The van der Waals surface area contributed by atoms with Gasteiger partial charge in [0, 0.05) is 18.4 Å². The number of fused-ring (bicyclic) bond motifs is 2. The average Bonchev–Trinajstić information content (AvgIpc) is 2.85. The van der Waals surface area contributed by atoms with Crippen molar-refractivity contribution < 1.29 is 14.3 Å². The van der Waals surface area contributed by atoms with E-state index in [9.17, 15) is 4.79 Å². The Bertz CT molecular complexity index is 638. The highest BCUT2D eigenvalue weighted by molar-refractivity contribution is 5.80. The lowest BCUT2D eigenvalue weighted by Gasteiger charge is -2.41. The van der Waals surface area contributed by atoms with Gasteiger partial charge in [0.2, 0.25) is 5.91 Å². The van der Waals surface area contributed by atoms with Crippen LogP contribution in [-0.4, -0.2) is 45.4 Å². The molecule has 0 aromatic heterocycles. The smallest absolute Gasteiger partial charge is 0.223 e. The Labute approximate surface area is 155 Å². The van der Waals surface area contributed by atoms with Crippen LogP contribution in [-0.2, 0) is 19.7 Å². The number of ether oxygens (including phenoxy) is 2. The molecule has 1 saturated carbocycles. The molecule has 1 heterocycles. The van der Waals surface area contributed by atoms with Crippen LogP contribution in [0, 0.1) is 5.92 Å². The van der Waals surface area contributed by atoms with Crippen molar-refractivity contribution in [3.05, 3.63) is 35.4 Å². The van der Waals surface area contributed by atoms with E-state index in [1.165, 1.54) is 17.5 Å². The largest absolute Gasteiger partial charge is 0.382 e. The molecule has 1 aromatic carbocycles. The van der Waals surface area contributed by atoms with Crippen molar-refractivity contribution in [1.29, 1.82) is 0 Å². The molecule has 5 heteroatoms. The molecule has 4 rings (SSSR count). The molecule has 5 nitrogen and oxygen atoms in total. The molecule has 142 valence electrons. The molecule has 1 amide bonds. The summed E-state index contributed by atoms with van der Waals surface area (Å²) in [5.74, 6) is 0.383. The fourth-order valence-electron chi connectivity index (χ4n) is 4.89. The molecule has 0 radical (unpaired) electrons. The van der Waals surface area contributed by atoms with Crippen LogP contribution in [0.25, 0.3) is 0 Å². The third kappa shape index (κ3) is 3.06. The Morgan fingerprint density at radius 1 is 1.23 bits per heavy atom. The van der Waals surface area contributed by atoms with Gasteiger partial charge in [0.25, 0.3) is 0 Å². The van der Waals surface area contributed by atoms with Crippen molar-refractivity contribution in [3.8, 4) is 0 Å². The number of piperidine rings is 1. The molecule has 2 aliphatic carbocycles. The molecule has 2 atom stereocenters. The van der Waals surface area contributed by atoms with E-state index in [0.717, 1.165) is 38.8 Å². The Morgan fingerprint density at radius 2 is 2.00 bits per heavy atom. The highest BCUT2D eigenvalue weighted by Gasteiger charge is 2.53. The summed E-state index contributed by atoms with van der Waals surface area (Å²) in [6, 6.07) is 8.54. The van der Waals surface area contributed by atoms with Crippen LogP contribution in [0.1, 0.15) is 49.3 Å². The minimum absolute atomic E-state index is 0.0207. The number of carbonyl (C=O) groups excluding carboxylic acids is 1. The van der Waals surface area contributed by atoms with Crippen molar-refractivity contribution >= 4 is 5.91 Å². The number of hydrogen-bond acceptors (Lipinski definition) is 4. The first-order chi connectivity index (χ1) is 12.8. The summed E-state index contributed by atoms with van der Waals surface area (Å²) in [5.41, 5.74) is 2.58. The van der Waals surface area contributed by atoms with E-state index in [1.807, 2.05) is 0 Å². The Kier molecular flexibility index (Phi) is 5.30. The van der Waals surface area contributed by atoms with Crippen LogP contribution < -0.4 is 10.6 Å². The first-order valence-electron chi connectivity index (χ1n) is 9.97. The second-order valence-electron chi connectivity index (χ2n) is 7.89. The van der Waals surface area contributed by atoms with Crippen LogP contribution in [0.2, 0.25) is 0 Å². The van der Waals surface area contributed by atoms with Gasteiger partial charge in [0.1, 0.15) is 0 Å². The lowest BCUT2D eigenvalue weighted by Crippen LogP contribution is -2.50. The van der Waals surface area contributed by atoms with E-state index in [4.69, 9.17) is 9.47 Å². The number of methoxy groups -OCH3 is 1. The predicted molar refractivity (Wildman–Crippen MR) is 100 cm³/mol. The van der Waals surface area contributed by atoms with Gasteiger partial charge >= 0.3 is 0 Å². The van der Waals surface area contributed by atoms with E-state index >= 15 is 0 Å². The van der Waals surface area contributed by atoms with Gasteiger partial charge in [-0.2, -0.15) is 0 Å². The second-order valence-corrected chi connectivity index (χ2v) is 7.89. The number of rotatable bonds is 6. The molecular weight excluding hydrogens is 328 g/mol. The molecule has 1 saturated heterocycles. The number of nitrogens with one attached hydrogen (secondary N) is 2. The van der Waals surface area contributed by atoms with Gasteiger partial charge in [-0.3, -0.25) is 4.79 Å². The zero-order valence-electron chi connectivity index (χ0n) is 15.6. The molecule has 0 bridgehead atoms. The van der Waals surface area contributed by atoms with Gasteiger partial charge in [-0.25, -0.2) is 0 Å². The summed E-state index contributed by atoms with van der Waals surface area (Å²) in [5, 5.41) is 6.84. The Hall–Kier alpha value is -1.43. The SMILES string of the molecule is COCCO[C@H]1[C@H](NC(=O)C2CCC2)c2ccccc2C12CCNCC2. The lowest BCUT2D eigenvalue weighted by atomic mass is 9.72. The second kappa shape index (κ2) is 7.67. The molecule has 0 unspecified atom stereocenters. The normalized spacial score (nSPS) is 27.1. The third-order valence-electron chi connectivity index (χ3n) is 6.53. The molecule has 1 spiro atoms. The average molecular weight is 358 g/mol. The van der Waals surface area contributed by atoms with Gasteiger partial charge in [0.15, 0.2) is 0 Å². The van der Waals surface area contributed by atoms with Crippen molar-refractivity contribution in [3.63, 3.8) is 0 Å². The van der Waals surface area contributed by atoms with E-state index in [-0.39, 0.29) is 29.4 Å². The summed E-state index contributed by atoms with van der Waals surface area (Å²) in [6.45, 7) is 3.11. The quantitative estimate of drug-likeness (QED) is 0.766. The Balaban J connectivity index is 1.65. The van der Waals surface area contributed by atoms with Gasteiger partial charge in [-0.15, -0.1) is 0 Å². The molecule has 1 aromatic rings. The monoisotopic (exact) mass is 358 g/mol. The van der Waals surface area contributed by atoms with E-state index < -0.39 is 0 Å². The maximum Gasteiger partial charge on any atom is 0.223 e. The lowest BCUT2D eigenvalue weighted by molar-refractivity contribution is -0.130. The van der Waals surface area contributed by atoms with Gasteiger partial charge in [-0.1, -0.05) is 30.7 Å². The highest BCUT2D eigenvalue weighted by atomic mass is 16.5. The number of hydrogen-bond donors (Lipinski definition) is 2. The van der Waals surface area contributed by atoms with Crippen LogP contribution in [0.5, 0.6) is 0 Å². The zero-order valence-corrected chi connectivity index (χ0v) is 15.6. The van der Waals surface area contributed by atoms with Crippen LogP contribution >= 0.6 is 0 Å². The topological polar surface area (TPSA) is 59.6 Å². The maximum absolute atomic E-state index is 12.7. The van der Waals surface area contributed by atoms with Gasteiger partial charge in [0.05, 0.1) is 25.4 Å². The Morgan fingerprint density at radius 3 is 2.69 bits per heavy atom. The van der Waals surface area contributed by atoms with Crippen molar-refractivity contribution in [2.24, 2.45) is 5.92 Å². The van der Waals surface area contributed by atoms with Gasteiger partial charge < -0.3 is 20.1 Å². The van der Waals surface area contributed by atoms with Crippen molar-refractivity contribution in [1.82, 2.24) is 10.6 Å². The van der Waals surface area contributed by atoms with Crippen LogP contribution in [0.3, 0.4) is 0 Å². The maximum atomic E-state index is 12.7. The summed E-state index contributed by atoms with van der Waals surface area (Å²) < 4.78 is 11.6. The first-order valence-corrected chi connectivity index (χ1v) is 9.97. The minimum Gasteiger partial charge on any atom is -0.382 e. The van der Waals surface area contributed by atoms with Gasteiger partial charge in [-0.05, 0) is 49.9 Å². The molecule has 2 N–H and O–H groups in total. The summed E-state index contributed by atoms with van der Waals surface area (Å²) in [4.78, 5) is 12.7. The van der Waals surface area contributed by atoms with Crippen LogP contribution in [0.15, 0.2) is 24.3 Å². The van der Waals surface area contributed by atoms with E-state index in [0.29, 0.717) is 13.2 Å². The fraction of sp³-hybridized carbons (Fsp3) is 0.667. The summed E-state index contributed by atoms with van der Waals surface area (Å²) in [6.07, 6.45) is 5.26. The van der Waals surface area contributed by atoms with E-state index in [1.54, 1.807) is 7.11 Å². The first kappa shape index (κ1) is 18.0. The fourth-order valence-corrected chi connectivity index (χ4v) is 4.89. The third-order valence-corrected chi connectivity index (χ3v) is 6.53. The number of amides is 1. The molecule has 3 aliphatic rings.